The van der Waals surface area contributed by atoms with Crippen LogP contribution in [-0.2, 0) is 11.3 Å². The number of halogens is 2. The van der Waals surface area contributed by atoms with Crippen molar-refractivity contribution in [1.29, 1.82) is 0 Å². The van der Waals surface area contributed by atoms with Gasteiger partial charge < -0.3 is 9.32 Å². The molecule has 3 aromatic rings. The topological polar surface area (TPSA) is 59.2 Å². The van der Waals surface area contributed by atoms with E-state index >= 15 is 0 Å². The van der Waals surface area contributed by atoms with E-state index in [0.717, 1.165) is 22.1 Å². The molecule has 0 unspecified atom stereocenters. The van der Waals surface area contributed by atoms with Crippen LogP contribution in [0.2, 0.25) is 10.0 Å². The van der Waals surface area contributed by atoms with E-state index < -0.39 is 0 Å². The van der Waals surface area contributed by atoms with Gasteiger partial charge in [-0.15, -0.1) is 22.0 Å². The average molecular weight is 464 g/mol. The molecule has 0 bridgehead atoms. The molecule has 0 spiro atoms. The van der Waals surface area contributed by atoms with E-state index in [-0.39, 0.29) is 18.5 Å². The first kappa shape index (κ1) is 22.7. The highest BCUT2D eigenvalue weighted by Gasteiger charge is 2.20. The number of benzene rings is 2. The summed E-state index contributed by atoms with van der Waals surface area (Å²) in [5, 5.41) is 9.45. The number of aromatic nitrogens is 2. The lowest BCUT2D eigenvalue weighted by Gasteiger charge is -2.25. The first-order valence-electron chi connectivity index (χ1n) is 9.69. The zero-order valence-corrected chi connectivity index (χ0v) is 19.2. The van der Waals surface area contributed by atoms with Gasteiger partial charge in [-0.1, -0.05) is 35.3 Å². The monoisotopic (exact) mass is 463 g/mol. The van der Waals surface area contributed by atoms with E-state index in [0.29, 0.717) is 28.8 Å². The Morgan fingerprint density at radius 2 is 1.83 bits per heavy atom. The van der Waals surface area contributed by atoms with Gasteiger partial charge in [0.05, 0.1) is 17.1 Å². The van der Waals surface area contributed by atoms with Gasteiger partial charge in [0.15, 0.2) is 0 Å². The lowest BCUT2D eigenvalue weighted by Crippen LogP contribution is -2.36. The van der Waals surface area contributed by atoms with Crippen LogP contribution in [0.25, 0.3) is 11.5 Å². The lowest BCUT2D eigenvalue weighted by molar-refractivity contribution is -0.133. The van der Waals surface area contributed by atoms with E-state index in [9.17, 15) is 4.79 Å². The van der Waals surface area contributed by atoms with Crippen molar-refractivity contribution < 1.29 is 9.21 Å². The number of hydrogen-bond donors (Lipinski definition) is 0. The van der Waals surface area contributed by atoms with Gasteiger partial charge in [-0.25, -0.2) is 0 Å². The molecule has 0 radical (unpaired) electrons. The fourth-order valence-electron chi connectivity index (χ4n) is 2.85. The van der Waals surface area contributed by atoms with Crippen LogP contribution in [0.1, 0.15) is 32.6 Å². The molecule has 1 heterocycles. The summed E-state index contributed by atoms with van der Waals surface area (Å²) >= 11 is 13.8. The van der Waals surface area contributed by atoms with Crippen molar-refractivity contribution in [3.05, 3.63) is 64.5 Å². The molecule has 0 aliphatic rings. The molecule has 0 fully saturated rings. The Kier molecular flexibility index (Phi) is 8.19. The molecule has 0 aliphatic carbocycles. The van der Waals surface area contributed by atoms with Gasteiger partial charge in [-0.05, 0) is 62.4 Å². The fraction of sp³-hybridized carbons (Fsp3) is 0.318. The highest BCUT2D eigenvalue weighted by atomic mass is 35.5. The molecule has 158 valence electrons. The molecule has 0 atom stereocenters. The third kappa shape index (κ3) is 6.24. The van der Waals surface area contributed by atoms with Gasteiger partial charge in [0, 0.05) is 22.4 Å². The molecule has 3 rings (SSSR count). The summed E-state index contributed by atoms with van der Waals surface area (Å²) in [5.41, 5.74) is 0.680. The van der Waals surface area contributed by atoms with Gasteiger partial charge in [0.25, 0.3) is 0 Å². The second kappa shape index (κ2) is 10.8. The number of rotatable bonds is 9. The van der Waals surface area contributed by atoms with Crippen LogP contribution in [0, 0.1) is 0 Å². The van der Waals surface area contributed by atoms with Crippen LogP contribution in [0.5, 0.6) is 0 Å². The Morgan fingerprint density at radius 3 is 2.53 bits per heavy atom. The minimum Gasteiger partial charge on any atom is -0.419 e. The first-order valence-corrected chi connectivity index (χ1v) is 11.4. The summed E-state index contributed by atoms with van der Waals surface area (Å²) < 4.78 is 5.76. The Balaban J connectivity index is 1.54. The van der Waals surface area contributed by atoms with Crippen LogP contribution >= 0.6 is 35.0 Å². The van der Waals surface area contributed by atoms with Crippen molar-refractivity contribution in [2.75, 3.05) is 5.75 Å². The SMILES string of the molecule is CC(C)N(Cc1nnc(-c2ccccc2Cl)o1)C(=O)CCCSc1ccc(Cl)cc1. The van der Waals surface area contributed by atoms with Crippen LogP contribution in [0.4, 0.5) is 0 Å². The maximum Gasteiger partial charge on any atom is 0.249 e. The molecule has 8 heteroatoms. The molecule has 2 aromatic carbocycles. The third-order valence-corrected chi connectivity index (χ3v) is 6.12. The summed E-state index contributed by atoms with van der Waals surface area (Å²) in [6.45, 7) is 4.23. The molecular weight excluding hydrogens is 441 g/mol. The van der Waals surface area contributed by atoms with Crippen molar-refractivity contribution in [3.63, 3.8) is 0 Å². The van der Waals surface area contributed by atoms with E-state index in [1.165, 1.54) is 0 Å². The number of thioether (sulfide) groups is 1. The molecule has 5 nitrogen and oxygen atoms in total. The normalized spacial score (nSPS) is 11.1. The number of carbonyl (C=O) groups is 1. The van der Waals surface area contributed by atoms with Crippen molar-refractivity contribution in [1.82, 2.24) is 15.1 Å². The number of amides is 1. The molecule has 0 saturated carbocycles. The Hall–Kier alpha value is -2.02. The van der Waals surface area contributed by atoms with Crippen molar-refractivity contribution in [2.24, 2.45) is 0 Å². The molecule has 1 amide bonds. The first-order chi connectivity index (χ1) is 14.4. The summed E-state index contributed by atoms with van der Waals surface area (Å²) in [6.07, 6.45) is 1.24. The largest absolute Gasteiger partial charge is 0.419 e. The smallest absolute Gasteiger partial charge is 0.249 e. The fourth-order valence-corrected chi connectivity index (χ4v) is 4.05. The summed E-state index contributed by atoms with van der Waals surface area (Å²) in [7, 11) is 0. The molecule has 1 aromatic heterocycles. The minimum atomic E-state index is 0.0251. The van der Waals surface area contributed by atoms with Gasteiger partial charge in [0.1, 0.15) is 0 Å². The van der Waals surface area contributed by atoms with Crippen LogP contribution in [0.15, 0.2) is 57.8 Å². The van der Waals surface area contributed by atoms with Crippen LogP contribution in [-0.4, -0.2) is 32.8 Å². The second-order valence-corrected chi connectivity index (χ2v) is 9.01. The van der Waals surface area contributed by atoms with Crippen molar-refractivity contribution in [2.45, 2.75) is 44.2 Å². The third-order valence-electron chi connectivity index (χ3n) is 4.44. The molecule has 0 N–H and O–H groups in total. The van der Waals surface area contributed by atoms with E-state index in [1.807, 2.05) is 56.3 Å². The number of carbonyl (C=O) groups excluding carboxylic acids is 1. The van der Waals surface area contributed by atoms with Crippen molar-refractivity contribution >= 4 is 40.9 Å². The quantitative estimate of drug-likeness (QED) is 0.273. The summed E-state index contributed by atoms with van der Waals surface area (Å²) in [6, 6.07) is 15.0. The van der Waals surface area contributed by atoms with Gasteiger partial charge in [0.2, 0.25) is 17.7 Å². The standard InChI is InChI=1S/C22H23Cl2N3O2S/c1-15(2)27(21(28)8-5-13-30-17-11-9-16(23)10-12-17)14-20-25-26-22(29-20)18-6-3-4-7-19(18)24/h3-4,6-7,9-12,15H,5,8,13-14H2,1-2H3. The van der Waals surface area contributed by atoms with Gasteiger partial charge >= 0.3 is 0 Å². The molecule has 30 heavy (non-hydrogen) atoms. The Morgan fingerprint density at radius 1 is 1.10 bits per heavy atom. The van der Waals surface area contributed by atoms with Crippen molar-refractivity contribution in [3.8, 4) is 11.5 Å². The predicted octanol–water partition coefficient (Wildman–Crippen LogP) is 6.35. The Bertz CT molecular complexity index is 977. The molecule has 0 saturated heterocycles. The minimum absolute atomic E-state index is 0.0251. The summed E-state index contributed by atoms with van der Waals surface area (Å²) in [5.74, 6) is 1.67. The molecule has 0 aliphatic heterocycles. The van der Waals surface area contributed by atoms with E-state index in [1.54, 1.807) is 22.7 Å². The van der Waals surface area contributed by atoms with Crippen LogP contribution in [0.3, 0.4) is 0 Å². The van der Waals surface area contributed by atoms with Gasteiger partial charge in [-0.3, -0.25) is 4.79 Å². The maximum atomic E-state index is 12.8. The van der Waals surface area contributed by atoms with E-state index in [2.05, 4.69) is 10.2 Å². The number of hydrogen-bond acceptors (Lipinski definition) is 5. The summed E-state index contributed by atoms with van der Waals surface area (Å²) in [4.78, 5) is 15.7. The number of nitrogens with zero attached hydrogens (tertiary/aromatic N) is 3. The predicted molar refractivity (Wildman–Crippen MR) is 122 cm³/mol. The van der Waals surface area contributed by atoms with Gasteiger partial charge in [-0.2, -0.15) is 0 Å². The second-order valence-electron chi connectivity index (χ2n) is 7.00. The maximum absolute atomic E-state index is 12.8. The zero-order chi connectivity index (χ0) is 21.5. The highest BCUT2D eigenvalue weighted by Crippen LogP contribution is 2.27. The lowest BCUT2D eigenvalue weighted by atomic mass is 10.2. The van der Waals surface area contributed by atoms with Crippen LogP contribution < -0.4 is 0 Å². The molecular formula is C22H23Cl2N3O2S. The Labute approximate surface area is 190 Å². The van der Waals surface area contributed by atoms with E-state index in [4.69, 9.17) is 27.6 Å². The highest BCUT2D eigenvalue weighted by molar-refractivity contribution is 7.99. The average Bonchev–Trinajstić information content (AvgIpc) is 3.19. The zero-order valence-electron chi connectivity index (χ0n) is 16.8.